The summed E-state index contributed by atoms with van der Waals surface area (Å²) in [4.78, 5) is 26.6. The van der Waals surface area contributed by atoms with Crippen LogP contribution in [0.25, 0.3) is 0 Å². The molecule has 39 heavy (non-hydrogen) atoms. The third kappa shape index (κ3) is 6.90. The summed E-state index contributed by atoms with van der Waals surface area (Å²) < 4.78 is 1.81. The van der Waals surface area contributed by atoms with E-state index in [2.05, 4.69) is 54.3 Å². The maximum atomic E-state index is 12.9. The van der Waals surface area contributed by atoms with E-state index in [1.165, 1.54) is 28.0 Å². The van der Waals surface area contributed by atoms with Crippen LogP contribution in [0.5, 0.6) is 0 Å². The van der Waals surface area contributed by atoms with E-state index in [1.807, 2.05) is 4.57 Å². The lowest BCUT2D eigenvalue weighted by atomic mass is 9.72. The fraction of sp³-hybridized carbons (Fsp3) is 0.393. The summed E-state index contributed by atoms with van der Waals surface area (Å²) in [5.41, 5.74) is 2.37. The van der Waals surface area contributed by atoms with Crippen LogP contribution >= 0.6 is 34.7 Å². The number of carbonyl (C=O) groups excluding carboxylic acids is 2. The van der Waals surface area contributed by atoms with Crippen LogP contribution in [0.3, 0.4) is 0 Å². The maximum absolute atomic E-state index is 12.9. The molecule has 0 unspecified atom stereocenters. The van der Waals surface area contributed by atoms with E-state index in [9.17, 15) is 14.9 Å². The second kappa shape index (κ2) is 12.4. The van der Waals surface area contributed by atoms with Crippen LogP contribution in [0.1, 0.15) is 59.4 Å². The number of fused-ring (bicyclic) bond motifs is 1. The summed E-state index contributed by atoms with van der Waals surface area (Å²) in [5, 5.41) is 25.8. The summed E-state index contributed by atoms with van der Waals surface area (Å²) >= 11 is 8.66. The minimum atomic E-state index is -0.255. The van der Waals surface area contributed by atoms with Gasteiger partial charge in [0.25, 0.3) is 5.91 Å². The number of nitrogens with one attached hydrogen (secondary N) is 2. The molecule has 2 heterocycles. The minimum absolute atomic E-state index is 0.102. The molecule has 1 aliphatic rings. The van der Waals surface area contributed by atoms with Crippen LogP contribution in [0.4, 0.5) is 5.00 Å². The van der Waals surface area contributed by atoms with E-state index in [4.69, 9.17) is 11.6 Å². The molecule has 0 saturated carbocycles. The normalized spacial score (nSPS) is 14.8. The molecule has 1 aliphatic carbocycles. The first kappa shape index (κ1) is 28.9. The van der Waals surface area contributed by atoms with E-state index in [-0.39, 0.29) is 29.5 Å². The highest BCUT2D eigenvalue weighted by Gasteiger charge is 2.32. The van der Waals surface area contributed by atoms with Crippen molar-refractivity contribution < 1.29 is 9.59 Å². The van der Waals surface area contributed by atoms with Gasteiger partial charge in [-0.15, -0.1) is 28.1 Å². The standard InChI is InChI=1S/C28H31ClN6O2S2/c1-5-12-35-23(15-31-25(37)17-6-9-19(29)10-7-17)33-34-27(35)38-16-24(36)32-26-21(14-30)20-11-8-18(28(2,3)4)13-22(20)39-26/h5-7,9-10,18H,1,8,11-13,15-16H2,2-4H3,(H,31,37)(H,32,36)/t18-/m1/s1. The number of nitrogens with zero attached hydrogens (tertiary/aromatic N) is 4. The Balaban J connectivity index is 1.39. The van der Waals surface area contributed by atoms with Gasteiger partial charge < -0.3 is 15.2 Å². The van der Waals surface area contributed by atoms with Crippen molar-refractivity contribution in [1.29, 1.82) is 5.26 Å². The quantitative estimate of drug-likeness (QED) is 0.241. The molecule has 0 saturated heterocycles. The molecule has 0 bridgehead atoms. The van der Waals surface area contributed by atoms with Gasteiger partial charge in [-0.3, -0.25) is 9.59 Å². The molecule has 3 aromatic rings. The average molecular weight is 583 g/mol. The molecule has 2 N–H and O–H groups in total. The van der Waals surface area contributed by atoms with Crippen LogP contribution in [-0.2, 0) is 30.7 Å². The van der Waals surface area contributed by atoms with E-state index < -0.39 is 0 Å². The zero-order valence-electron chi connectivity index (χ0n) is 22.2. The van der Waals surface area contributed by atoms with Crippen molar-refractivity contribution in [1.82, 2.24) is 20.1 Å². The molecule has 0 spiro atoms. The topological polar surface area (TPSA) is 113 Å². The van der Waals surface area contributed by atoms with Gasteiger partial charge in [0.1, 0.15) is 11.1 Å². The predicted molar refractivity (Wildman–Crippen MR) is 156 cm³/mol. The van der Waals surface area contributed by atoms with Crippen LogP contribution in [0, 0.1) is 22.7 Å². The number of aromatic nitrogens is 3. The number of nitriles is 1. The average Bonchev–Trinajstić information content (AvgIpc) is 3.45. The predicted octanol–water partition coefficient (Wildman–Crippen LogP) is 5.86. The number of thioether (sulfide) groups is 1. The van der Waals surface area contributed by atoms with E-state index >= 15 is 0 Å². The van der Waals surface area contributed by atoms with Crippen LogP contribution in [0.15, 0.2) is 42.1 Å². The molecule has 8 nitrogen and oxygen atoms in total. The SMILES string of the molecule is C=CCn1c(CNC(=O)c2ccc(Cl)cc2)nnc1SCC(=O)Nc1sc2c(c1C#N)CC[C@@H](C(C)(C)C)C2. The van der Waals surface area contributed by atoms with Gasteiger partial charge in [-0.25, -0.2) is 0 Å². The van der Waals surface area contributed by atoms with E-state index in [0.29, 0.717) is 44.6 Å². The van der Waals surface area contributed by atoms with Crippen molar-refractivity contribution in [3.8, 4) is 6.07 Å². The Morgan fingerprint density at radius 2 is 2.05 bits per heavy atom. The van der Waals surface area contributed by atoms with Crippen molar-refractivity contribution in [3.63, 3.8) is 0 Å². The maximum Gasteiger partial charge on any atom is 0.251 e. The van der Waals surface area contributed by atoms with Crippen molar-refractivity contribution in [3.05, 3.63) is 69.3 Å². The molecule has 0 aliphatic heterocycles. The first-order valence-electron chi connectivity index (χ1n) is 12.6. The minimum Gasteiger partial charge on any atom is -0.345 e. The van der Waals surface area contributed by atoms with E-state index in [0.717, 1.165) is 24.8 Å². The van der Waals surface area contributed by atoms with Crippen LogP contribution < -0.4 is 10.6 Å². The van der Waals surface area contributed by atoms with E-state index in [1.54, 1.807) is 30.3 Å². The number of hydrogen-bond acceptors (Lipinski definition) is 7. The largest absolute Gasteiger partial charge is 0.345 e. The Hall–Kier alpha value is -3.13. The molecule has 2 aromatic heterocycles. The van der Waals surface area contributed by atoms with Gasteiger partial charge in [0.15, 0.2) is 11.0 Å². The van der Waals surface area contributed by atoms with Gasteiger partial charge in [-0.2, -0.15) is 5.26 Å². The number of hydrogen-bond donors (Lipinski definition) is 2. The number of halogens is 1. The first-order chi connectivity index (χ1) is 18.6. The summed E-state index contributed by atoms with van der Waals surface area (Å²) in [6.45, 7) is 11.2. The lowest BCUT2D eigenvalue weighted by molar-refractivity contribution is -0.113. The van der Waals surface area contributed by atoms with Crippen LogP contribution in [0.2, 0.25) is 5.02 Å². The fourth-order valence-electron chi connectivity index (χ4n) is 4.56. The lowest BCUT2D eigenvalue weighted by Gasteiger charge is -2.33. The van der Waals surface area contributed by atoms with Gasteiger partial charge in [-0.1, -0.05) is 50.2 Å². The van der Waals surface area contributed by atoms with Crippen molar-refractivity contribution >= 4 is 51.5 Å². The number of anilines is 1. The lowest BCUT2D eigenvalue weighted by Crippen LogP contribution is -2.26. The first-order valence-corrected chi connectivity index (χ1v) is 14.8. The van der Waals surface area contributed by atoms with Gasteiger partial charge >= 0.3 is 0 Å². The molecule has 204 valence electrons. The highest BCUT2D eigenvalue weighted by Crippen LogP contribution is 2.44. The van der Waals surface area contributed by atoms with Crippen molar-refractivity contribution in [2.24, 2.45) is 11.3 Å². The number of benzene rings is 1. The van der Waals surface area contributed by atoms with Gasteiger partial charge in [-0.05, 0) is 60.4 Å². The monoisotopic (exact) mass is 582 g/mol. The molecular weight excluding hydrogens is 552 g/mol. The Kier molecular flexibility index (Phi) is 9.15. The zero-order chi connectivity index (χ0) is 28.2. The Morgan fingerprint density at radius 1 is 1.31 bits per heavy atom. The third-order valence-corrected chi connectivity index (χ3v) is 9.19. The van der Waals surface area contributed by atoms with Crippen molar-refractivity contribution in [2.75, 3.05) is 11.1 Å². The Bertz CT molecular complexity index is 1420. The number of carbonyl (C=O) groups is 2. The van der Waals surface area contributed by atoms with Crippen LogP contribution in [-0.4, -0.2) is 32.3 Å². The molecule has 0 fully saturated rings. The zero-order valence-corrected chi connectivity index (χ0v) is 24.6. The molecule has 1 atom stereocenters. The number of allylic oxidation sites excluding steroid dienone is 1. The highest BCUT2D eigenvalue weighted by molar-refractivity contribution is 7.99. The van der Waals surface area contributed by atoms with Gasteiger partial charge in [0, 0.05) is 22.0 Å². The number of thiophene rings is 1. The Morgan fingerprint density at radius 3 is 2.72 bits per heavy atom. The molecule has 2 amide bonds. The summed E-state index contributed by atoms with van der Waals surface area (Å²) in [5.74, 6) is 0.731. The number of rotatable bonds is 9. The summed E-state index contributed by atoms with van der Waals surface area (Å²) in [6, 6.07) is 8.93. The van der Waals surface area contributed by atoms with Gasteiger partial charge in [0.05, 0.1) is 17.9 Å². The number of amides is 2. The van der Waals surface area contributed by atoms with Gasteiger partial charge in [0.2, 0.25) is 5.91 Å². The molecule has 4 rings (SSSR count). The third-order valence-electron chi connectivity index (χ3n) is 6.81. The second-order valence-corrected chi connectivity index (χ2v) is 12.9. The Labute approximate surface area is 241 Å². The summed E-state index contributed by atoms with van der Waals surface area (Å²) in [7, 11) is 0. The smallest absolute Gasteiger partial charge is 0.251 e. The molecule has 0 radical (unpaired) electrons. The molecular formula is C28H31ClN6O2S2. The fourth-order valence-corrected chi connectivity index (χ4v) is 6.74. The highest BCUT2D eigenvalue weighted by atomic mass is 35.5. The summed E-state index contributed by atoms with van der Waals surface area (Å²) in [6.07, 6.45) is 4.55. The molecule has 11 heteroatoms. The second-order valence-electron chi connectivity index (χ2n) is 10.4. The molecule has 1 aromatic carbocycles. The van der Waals surface area contributed by atoms with Crippen molar-refractivity contribution in [2.45, 2.75) is 58.3 Å².